The average Bonchev–Trinajstić information content (AvgIpc) is 2.67. The van der Waals surface area contributed by atoms with E-state index in [2.05, 4.69) is 10.1 Å². The summed E-state index contributed by atoms with van der Waals surface area (Å²) in [5, 5.41) is 13.2. The van der Waals surface area contributed by atoms with Crippen molar-refractivity contribution in [3.05, 3.63) is 11.7 Å². The van der Waals surface area contributed by atoms with Gasteiger partial charge < -0.3 is 9.63 Å². The smallest absolute Gasteiger partial charge is 0.229 e. The molecular weight excluding hydrogens is 212 g/mol. The molecule has 1 atom stereocenters. The summed E-state index contributed by atoms with van der Waals surface area (Å²) in [4.78, 5) is 4.33. The monoisotopic (exact) mass is 228 g/mol. The lowest BCUT2D eigenvalue weighted by molar-refractivity contribution is 0.181. The number of aromatic nitrogens is 2. The third-order valence-corrected chi connectivity index (χ3v) is 3.59. The standard InChI is InChI=1S/C10H16N2O2S/c1-7(13)6-9-11-10(12-14-9)8-2-4-15-5-3-8/h7-8,13H,2-6H2,1H3. The Labute approximate surface area is 93.4 Å². The first-order valence-electron chi connectivity index (χ1n) is 5.34. The third-order valence-electron chi connectivity index (χ3n) is 2.54. The normalized spacial score (nSPS) is 20.4. The van der Waals surface area contributed by atoms with Gasteiger partial charge in [0.2, 0.25) is 5.89 Å². The van der Waals surface area contributed by atoms with Gasteiger partial charge in [-0.05, 0) is 31.3 Å². The lowest BCUT2D eigenvalue weighted by Gasteiger charge is -2.17. The Hall–Kier alpha value is -0.550. The third kappa shape index (κ3) is 2.95. The zero-order valence-corrected chi connectivity index (χ0v) is 9.66. The Morgan fingerprint density at radius 2 is 2.27 bits per heavy atom. The molecule has 1 unspecified atom stereocenters. The van der Waals surface area contributed by atoms with E-state index in [1.165, 1.54) is 11.5 Å². The van der Waals surface area contributed by atoms with Gasteiger partial charge >= 0.3 is 0 Å². The second kappa shape index (κ2) is 4.99. The molecule has 0 aromatic carbocycles. The fourth-order valence-corrected chi connectivity index (χ4v) is 2.83. The first-order chi connectivity index (χ1) is 7.25. The van der Waals surface area contributed by atoms with E-state index in [0.29, 0.717) is 18.2 Å². The van der Waals surface area contributed by atoms with Crippen LogP contribution in [0.1, 0.15) is 37.4 Å². The van der Waals surface area contributed by atoms with E-state index in [0.717, 1.165) is 18.7 Å². The minimum Gasteiger partial charge on any atom is -0.393 e. The molecule has 0 spiro atoms. The molecular formula is C10H16N2O2S. The van der Waals surface area contributed by atoms with Crippen LogP contribution < -0.4 is 0 Å². The molecule has 15 heavy (non-hydrogen) atoms. The van der Waals surface area contributed by atoms with Crippen LogP contribution in [0, 0.1) is 0 Å². The molecule has 1 aliphatic heterocycles. The molecule has 2 heterocycles. The minimum atomic E-state index is -0.416. The van der Waals surface area contributed by atoms with Crippen LogP contribution in [0.15, 0.2) is 4.52 Å². The van der Waals surface area contributed by atoms with Crippen LogP contribution in [-0.4, -0.2) is 32.9 Å². The van der Waals surface area contributed by atoms with Crippen molar-refractivity contribution in [3.63, 3.8) is 0 Å². The second-order valence-corrected chi connectivity index (χ2v) is 5.21. The van der Waals surface area contributed by atoms with Gasteiger partial charge in [-0.25, -0.2) is 0 Å². The predicted molar refractivity (Wildman–Crippen MR) is 59.0 cm³/mol. The number of rotatable bonds is 3. The molecule has 1 N–H and O–H groups in total. The number of aliphatic hydroxyl groups is 1. The Balaban J connectivity index is 1.99. The van der Waals surface area contributed by atoms with Crippen LogP contribution in [0.5, 0.6) is 0 Å². The van der Waals surface area contributed by atoms with Crippen molar-refractivity contribution >= 4 is 11.8 Å². The number of hydrogen-bond acceptors (Lipinski definition) is 5. The van der Waals surface area contributed by atoms with E-state index in [1.54, 1.807) is 6.92 Å². The van der Waals surface area contributed by atoms with Crippen LogP contribution in [0.25, 0.3) is 0 Å². The summed E-state index contributed by atoms with van der Waals surface area (Å²) < 4.78 is 5.10. The fourth-order valence-electron chi connectivity index (χ4n) is 1.73. The Morgan fingerprint density at radius 3 is 2.93 bits per heavy atom. The van der Waals surface area contributed by atoms with Crippen molar-refractivity contribution in [2.24, 2.45) is 0 Å². The summed E-state index contributed by atoms with van der Waals surface area (Å²) in [6.07, 6.45) is 2.31. The van der Waals surface area contributed by atoms with Gasteiger partial charge in [-0.2, -0.15) is 16.7 Å². The van der Waals surface area contributed by atoms with Crippen molar-refractivity contribution in [1.29, 1.82) is 0 Å². The minimum absolute atomic E-state index is 0.416. The van der Waals surface area contributed by atoms with Gasteiger partial charge in [0, 0.05) is 5.92 Å². The van der Waals surface area contributed by atoms with Gasteiger partial charge in [-0.15, -0.1) is 0 Å². The first-order valence-corrected chi connectivity index (χ1v) is 6.49. The van der Waals surface area contributed by atoms with Gasteiger partial charge in [0.25, 0.3) is 0 Å². The van der Waals surface area contributed by atoms with Gasteiger partial charge in [0.05, 0.1) is 12.5 Å². The largest absolute Gasteiger partial charge is 0.393 e. The number of thioether (sulfide) groups is 1. The average molecular weight is 228 g/mol. The molecule has 5 heteroatoms. The molecule has 0 bridgehead atoms. The summed E-state index contributed by atoms with van der Waals surface area (Å²) in [7, 11) is 0. The van der Waals surface area contributed by atoms with Crippen molar-refractivity contribution < 1.29 is 9.63 Å². The van der Waals surface area contributed by atoms with E-state index in [-0.39, 0.29) is 0 Å². The maximum Gasteiger partial charge on any atom is 0.229 e. The van der Waals surface area contributed by atoms with Gasteiger partial charge in [0.15, 0.2) is 5.82 Å². The van der Waals surface area contributed by atoms with Crippen molar-refractivity contribution in [2.75, 3.05) is 11.5 Å². The predicted octanol–water partition coefficient (Wildman–Crippen LogP) is 1.60. The molecule has 84 valence electrons. The lowest BCUT2D eigenvalue weighted by atomic mass is 10.0. The van der Waals surface area contributed by atoms with E-state index < -0.39 is 6.10 Å². The van der Waals surface area contributed by atoms with Crippen LogP contribution in [-0.2, 0) is 6.42 Å². The van der Waals surface area contributed by atoms with Gasteiger partial charge in [-0.3, -0.25) is 0 Å². The summed E-state index contributed by atoms with van der Waals surface area (Å²) >= 11 is 1.98. The Bertz CT molecular complexity index is 308. The van der Waals surface area contributed by atoms with Gasteiger partial charge in [-0.1, -0.05) is 5.16 Å². The Kier molecular flexibility index (Phi) is 3.64. The maximum absolute atomic E-state index is 9.19. The number of nitrogens with zero attached hydrogens (tertiary/aromatic N) is 2. The zero-order chi connectivity index (χ0) is 10.7. The summed E-state index contributed by atoms with van der Waals surface area (Å²) in [5.74, 6) is 4.21. The Morgan fingerprint density at radius 1 is 1.53 bits per heavy atom. The molecule has 1 saturated heterocycles. The molecule has 1 aromatic heterocycles. The van der Waals surface area contributed by atoms with E-state index >= 15 is 0 Å². The maximum atomic E-state index is 9.19. The quantitative estimate of drug-likeness (QED) is 0.851. The van der Waals surface area contributed by atoms with E-state index in [9.17, 15) is 5.11 Å². The second-order valence-electron chi connectivity index (χ2n) is 3.99. The molecule has 0 radical (unpaired) electrons. The molecule has 0 amide bonds. The molecule has 0 aliphatic carbocycles. The molecule has 0 saturated carbocycles. The highest BCUT2D eigenvalue weighted by molar-refractivity contribution is 7.99. The molecule has 1 aromatic rings. The SMILES string of the molecule is CC(O)Cc1nc(C2CCSCC2)no1. The van der Waals surface area contributed by atoms with Crippen LogP contribution in [0.3, 0.4) is 0 Å². The molecule has 1 fully saturated rings. The summed E-state index contributed by atoms with van der Waals surface area (Å²) in [5.41, 5.74) is 0. The topological polar surface area (TPSA) is 59.2 Å². The van der Waals surface area contributed by atoms with Crippen molar-refractivity contribution in [2.45, 2.75) is 38.2 Å². The lowest BCUT2D eigenvalue weighted by Crippen LogP contribution is -2.10. The number of aliphatic hydroxyl groups excluding tert-OH is 1. The fraction of sp³-hybridized carbons (Fsp3) is 0.800. The van der Waals surface area contributed by atoms with Crippen LogP contribution in [0.4, 0.5) is 0 Å². The molecule has 2 rings (SSSR count). The summed E-state index contributed by atoms with van der Waals surface area (Å²) in [6.45, 7) is 1.72. The molecule has 4 nitrogen and oxygen atoms in total. The van der Waals surface area contributed by atoms with Crippen molar-refractivity contribution in [1.82, 2.24) is 10.1 Å². The zero-order valence-electron chi connectivity index (χ0n) is 8.85. The van der Waals surface area contributed by atoms with E-state index in [4.69, 9.17) is 4.52 Å². The first kappa shape index (κ1) is 11.0. The van der Waals surface area contributed by atoms with Crippen LogP contribution >= 0.6 is 11.8 Å². The summed E-state index contributed by atoms with van der Waals surface area (Å²) in [6, 6.07) is 0. The highest BCUT2D eigenvalue weighted by atomic mass is 32.2. The molecule has 1 aliphatic rings. The van der Waals surface area contributed by atoms with Crippen molar-refractivity contribution in [3.8, 4) is 0 Å². The number of hydrogen-bond donors (Lipinski definition) is 1. The highest BCUT2D eigenvalue weighted by Gasteiger charge is 2.21. The highest BCUT2D eigenvalue weighted by Crippen LogP contribution is 2.29. The van der Waals surface area contributed by atoms with Gasteiger partial charge in [0.1, 0.15) is 0 Å². The van der Waals surface area contributed by atoms with E-state index in [1.807, 2.05) is 11.8 Å². The van der Waals surface area contributed by atoms with Crippen LogP contribution in [0.2, 0.25) is 0 Å².